The van der Waals surface area contributed by atoms with E-state index in [1.165, 1.54) is 32.3 Å². The molecule has 20 rings (SSSR count). The molecule has 0 unspecified atom stereocenters. The fraction of sp³-hybridized carbons (Fsp3) is 0. The van der Waals surface area contributed by atoms with E-state index < -0.39 is 0 Å². The molecule has 7 nitrogen and oxygen atoms in total. The summed E-state index contributed by atoms with van der Waals surface area (Å²) in [5.74, 6) is 0. The van der Waals surface area contributed by atoms with Crippen LogP contribution in [0.5, 0.6) is 0 Å². The number of rotatable bonds is 11. The van der Waals surface area contributed by atoms with Crippen LogP contribution in [-0.4, -0.2) is 33.0 Å². The van der Waals surface area contributed by atoms with Crippen molar-refractivity contribution in [3.8, 4) is 95.7 Å². The Hall–Kier alpha value is -13.4. The summed E-state index contributed by atoms with van der Waals surface area (Å²) in [7, 11) is 0. The smallest absolute Gasteiger partial charge is 0.0934 e. The molecule has 0 aliphatic rings. The second-order valence-electron chi connectivity index (χ2n) is 25.7. The first kappa shape index (κ1) is 56.0. The molecule has 7 heteroatoms. The van der Waals surface area contributed by atoms with Gasteiger partial charge in [-0.2, -0.15) is 5.10 Å². The van der Waals surface area contributed by atoms with Crippen molar-refractivity contribution in [2.75, 3.05) is 0 Å². The van der Waals surface area contributed by atoms with E-state index >= 15 is 0 Å². The Labute approximate surface area is 570 Å². The first-order valence-electron chi connectivity index (χ1n) is 33.8. The molecule has 0 spiro atoms. The van der Waals surface area contributed by atoms with Gasteiger partial charge in [0.05, 0.1) is 84.0 Å². The van der Waals surface area contributed by atoms with Crippen molar-refractivity contribution in [1.82, 2.24) is 33.0 Å². The highest BCUT2D eigenvalue weighted by atomic mass is 15.3. The van der Waals surface area contributed by atoms with Crippen LogP contribution in [0, 0.1) is 0 Å². The highest BCUT2D eigenvalue weighted by molar-refractivity contribution is 6.13. The molecule has 99 heavy (non-hydrogen) atoms. The van der Waals surface area contributed by atoms with Crippen LogP contribution in [0.1, 0.15) is 0 Å². The maximum absolute atomic E-state index is 5.70. The lowest BCUT2D eigenvalue weighted by Gasteiger charge is -2.18. The van der Waals surface area contributed by atoms with Gasteiger partial charge in [-0.25, -0.2) is 9.67 Å². The van der Waals surface area contributed by atoms with Crippen molar-refractivity contribution < 1.29 is 0 Å². The van der Waals surface area contributed by atoms with Gasteiger partial charge in [-0.1, -0.05) is 255 Å². The number of hydrogen-bond acceptors (Lipinski definition) is 2. The molecule has 0 radical (unpaired) electrons. The summed E-state index contributed by atoms with van der Waals surface area (Å²) in [6.07, 6.45) is 0. The van der Waals surface area contributed by atoms with E-state index in [1.807, 2.05) is 0 Å². The minimum absolute atomic E-state index is 0.870. The molecule has 0 fully saturated rings. The molecule has 0 aliphatic carbocycles. The number of pyridine rings is 1. The number of para-hydroxylation sites is 7. The molecule has 0 saturated heterocycles. The maximum Gasteiger partial charge on any atom is 0.0934 e. The van der Waals surface area contributed by atoms with Crippen molar-refractivity contribution in [1.29, 1.82) is 0 Å². The highest BCUT2D eigenvalue weighted by Crippen LogP contribution is 2.44. The van der Waals surface area contributed by atoms with E-state index in [0.29, 0.717) is 0 Å². The Morgan fingerprint density at radius 2 is 0.505 bits per heavy atom. The van der Waals surface area contributed by atoms with Crippen LogP contribution in [0.4, 0.5) is 0 Å². The zero-order valence-electron chi connectivity index (χ0n) is 53.7. The Kier molecular flexibility index (Phi) is 12.8. The first-order valence-corrected chi connectivity index (χ1v) is 33.8. The lowest BCUT2D eigenvalue weighted by atomic mass is 9.94. The van der Waals surface area contributed by atoms with Crippen LogP contribution in [0.15, 0.2) is 358 Å². The third kappa shape index (κ3) is 9.13. The van der Waals surface area contributed by atoms with Gasteiger partial charge in [-0.15, -0.1) is 0 Å². The Morgan fingerprint density at radius 3 is 0.949 bits per heavy atom. The van der Waals surface area contributed by atoms with Crippen molar-refractivity contribution in [3.63, 3.8) is 0 Å². The zero-order valence-corrected chi connectivity index (χ0v) is 53.7. The average Bonchev–Trinajstić information content (AvgIpc) is 1.61. The molecular weight excluding hydrogens is 1200 g/mol. The van der Waals surface area contributed by atoms with Gasteiger partial charge in [-0.3, -0.25) is 0 Å². The van der Waals surface area contributed by atoms with Gasteiger partial charge < -0.3 is 18.3 Å². The summed E-state index contributed by atoms with van der Waals surface area (Å²) < 4.78 is 11.9. The quantitative estimate of drug-likeness (QED) is 0.130. The topological polar surface area (TPSA) is 50.4 Å². The van der Waals surface area contributed by atoms with Gasteiger partial charge in [-0.05, 0) is 125 Å². The molecule has 6 aromatic heterocycles. The van der Waals surface area contributed by atoms with Crippen LogP contribution in [0.3, 0.4) is 0 Å². The summed E-state index contributed by atoms with van der Waals surface area (Å²) in [6, 6.07) is 130. The van der Waals surface area contributed by atoms with E-state index in [9.17, 15) is 0 Å². The summed E-state index contributed by atoms with van der Waals surface area (Å²) in [6.45, 7) is 0. The van der Waals surface area contributed by atoms with E-state index in [2.05, 4.69) is 381 Å². The molecular formula is C92H59N7. The summed E-state index contributed by atoms with van der Waals surface area (Å²) in [5.41, 5.74) is 26.2. The highest BCUT2D eigenvalue weighted by Gasteiger charge is 2.24. The fourth-order valence-electron chi connectivity index (χ4n) is 15.7. The standard InChI is InChI=1S/C92H59N7/c1-4-26-60(27-5-1)81-52-65(64-50-66(95-84-41-19-12-34-73(84)74-35-13-20-42-85(74)95)55-67(51-64)96-86-43-21-14-36-75(86)76-37-15-22-44-87(76)96)53-83(93-81)72-33-11-10-32-71(72)63-48-49-80-79-40-18-25-47-90(79)98(92(80)54-63)69-56-68(97-88-45-23-16-38-77(88)78-39-17-24-46-89(78)97)57-70(58-69)99-91(62-30-8-3-9-31-62)59-82(94-99)61-28-6-2-7-29-61/h1-59H. The van der Waals surface area contributed by atoms with Crippen molar-refractivity contribution in [2.45, 2.75) is 0 Å². The summed E-state index contributed by atoms with van der Waals surface area (Å²) in [5, 5.41) is 15.1. The molecule has 0 N–H and O–H groups in total. The Morgan fingerprint density at radius 1 is 0.182 bits per heavy atom. The predicted octanol–water partition coefficient (Wildman–Crippen LogP) is 23.7. The van der Waals surface area contributed by atoms with Gasteiger partial charge in [0.1, 0.15) is 0 Å². The second-order valence-corrected chi connectivity index (χ2v) is 25.7. The molecule has 0 amide bonds. The number of hydrogen-bond donors (Lipinski definition) is 0. The summed E-state index contributed by atoms with van der Waals surface area (Å²) >= 11 is 0. The molecule has 6 heterocycles. The normalized spacial score (nSPS) is 11.8. The van der Waals surface area contributed by atoms with Crippen LogP contribution in [0.2, 0.25) is 0 Å². The Bertz CT molecular complexity index is 6310. The Balaban J connectivity index is 0.807. The third-order valence-corrected chi connectivity index (χ3v) is 20.1. The van der Waals surface area contributed by atoms with Crippen molar-refractivity contribution in [2.24, 2.45) is 0 Å². The zero-order chi connectivity index (χ0) is 65.1. The van der Waals surface area contributed by atoms with E-state index in [1.54, 1.807) is 0 Å². The second kappa shape index (κ2) is 22.7. The minimum Gasteiger partial charge on any atom is -0.309 e. The summed E-state index contributed by atoms with van der Waals surface area (Å²) in [4.78, 5) is 5.70. The molecule has 0 atom stereocenters. The van der Waals surface area contributed by atoms with Gasteiger partial charge in [0, 0.05) is 76.7 Å². The lowest BCUT2D eigenvalue weighted by Crippen LogP contribution is -2.05. The van der Waals surface area contributed by atoms with Gasteiger partial charge >= 0.3 is 0 Å². The predicted molar refractivity (Wildman–Crippen MR) is 411 cm³/mol. The molecule has 0 aliphatic heterocycles. The van der Waals surface area contributed by atoms with Gasteiger partial charge in [0.15, 0.2) is 0 Å². The van der Waals surface area contributed by atoms with Crippen LogP contribution < -0.4 is 0 Å². The number of benzene rings is 14. The van der Waals surface area contributed by atoms with Crippen LogP contribution in [0.25, 0.3) is 183 Å². The van der Waals surface area contributed by atoms with E-state index in [0.717, 1.165) is 151 Å². The molecule has 462 valence electrons. The first-order chi connectivity index (χ1) is 49.1. The minimum atomic E-state index is 0.870. The lowest BCUT2D eigenvalue weighted by molar-refractivity contribution is 0.887. The number of aromatic nitrogens is 7. The fourth-order valence-corrected chi connectivity index (χ4v) is 15.7. The maximum atomic E-state index is 5.70. The molecule has 0 bridgehead atoms. The monoisotopic (exact) mass is 1260 g/mol. The molecule has 20 aromatic rings. The number of nitrogens with zero attached hydrogens (tertiary/aromatic N) is 7. The van der Waals surface area contributed by atoms with Gasteiger partial charge in [0.2, 0.25) is 0 Å². The third-order valence-electron chi connectivity index (χ3n) is 20.1. The van der Waals surface area contributed by atoms with Gasteiger partial charge in [0.25, 0.3) is 0 Å². The molecule has 0 saturated carbocycles. The largest absolute Gasteiger partial charge is 0.309 e. The average molecular weight is 1260 g/mol. The number of fused-ring (bicyclic) bond motifs is 12. The van der Waals surface area contributed by atoms with Crippen molar-refractivity contribution in [3.05, 3.63) is 358 Å². The SMILES string of the molecule is c1ccc(-c2cc(-c3cc(-n4c5ccccc5c5ccccc54)cc(-n4c5ccccc5c5ccccc54)c3)cc(-c3ccccc3-c3ccc4c5ccccc5n(-c5cc(-n6nc(-c7ccccc7)cc6-c6ccccc6)cc(-n6c7ccccc7c7ccccc76)c5)c4c3)n2)cc1. The van der Waals surface area contributed by atoms with Crippen LogP contribution in [-0.2, 0) is 0 Å². The van der Waals surface area contributed by atoms with Crippen LogP contribution >= 0.6 is 0 Å². The van der Waals surface area contributed by atoms with Crippen molar-refractivity contribution >= 4 is 87.2 Å². The van der Waals surface area contributed by atoms with E-state index in [-0.39, 0.29) is 0 Å². The van der Waals surface area contributed by atoms with E-state index in [4.69, 9.17) is 10.1 Å². The molecule has 14 aromatic carbocycles.